The summed E-state index contributed by atoms with van der Waals surface area (Å²) in [5, 5.41) is 8.60. The van der Waals surface area contributed by atoms with Gasteiger partial charge in [-0.05, 0) is 29.8 Å². The average molecular weight is 321 g/mol. The predicted molar refractivity (Wildman–Crippen MR) is 80.6 cm³/mol. The fourth-order valence-corrected chi connectivity index (χ4v) is 5.34. The third-order valence-electron chi connectivity index (χ3n) is 4.19. The maximum Gasteiger partial charge on any atom is 0.183 e. The van der Waals surface area contributed by atoms with E-state index in [1.54, 1.807) is 24.3 Å². The number of sulfone groups is 1. The van der Waals surface area contributed by atoms with Gasteiger partial charge in [0, 0.05) is 5.92 Å². The molecule has 0 bridgehead atoms. The predicted octanol–water partition coefficient (Wildman–Crippen LogP) is 1.46. The molecule has 3 N–H and O–H groups in total. The second kappa shape index (κ2) is 5.15. The van der Waals surface area contributed by atoms with Crippen molar-refractivity contribution in [2.75, 3.05) is 6.61 Å². The van der Waals surface area contributed by atoms with Gasteiger partial charge in [0.2, 0.25) is 0 Å². The summed E-state index contributed by atoms with van der Waals surface area (Å²) in [7, 11) is -3.70. The molecule has 6 heteroatoms. The van der Waals surface area contributed by atoms with E-state index in [0.29, 0.717) is 5.56 Å². The highest BCUT2D eigenvalue weighted by Crippen LogP contribution is 2.55. The molecule has 1 aliphatic rings. The average Bonchev–Trinajstić information content (AvgIpc) is 3.16. The number of nitrogens with two attached hydrogens (primary N) is 1. The van der Waals surface area contributed by atoms with Crippen LogP contribution in [0.25, 0.3) is 0 Å². The molecule has 1 saturated carbocycles. The Kier molecular flexibility index (Phi) is 3.55. The van der Waals surface area contributed by atoms with E-state index in [-0.39, 0.29) is 4.90 Å². The second-order valence-electron chi connectivity index (χ2n) is 5.58. The van der Waals surface area contributed by atoms with Crippen LogP contribution in [0.4, 0.5) is 4.39 Å². The summed E-state index contributed by atoms with van der Waals surface area (Å²) in [6, 6.07) is 13.7. The first kappa shape index (κ1) is 15.1. The van der Waals surface area contributed by atoms with Crippen molar-refractivity contribution in [2.24, 2.45) is 5.73 Å². The van der Waals surface area contributed by atoms with Gasteiger partial charge in [-0.15, -0.1) is 0 Å². The molecule has 0 amide bonds. The van der Waals surface area contributed by atoms with Crippen molar-refractivity contribution in [3.63, 3.8) is 0 Å². The summed E-state index contributed by atoms with van der Waals surface area (Å²) in [5.41, 5.74) is 5.29. The summed E-state index contributed by atoms with van der Waals surface area (Å²) in [4.78, 5) is 0.155. The zero-order valence-electron chi connectivity index (χ0n) is 11.7. The Bertz CT molecular complexity index is 794. The van der Waals surface area contributed by atoms with E-state index in [1.807, 2.05) is 0 Å². The molecule has 3 atom stereocenters. The molecule has 116 valence electrons. The van der Waals surface area contributed by atoms with Gasteiger partial charge in [0.25, 0.3) is 0 Å². The molecule has 0 aliphatic heterocycles. The molecule has 0 radical (unpaired) electrons. The van der Waals surface area contributed by atoms with Crippen LogP contribution >= 0.6 is 0 Å². The zero-order chi connectivity index (χ0) is 16.0. The smallest absolute Gasteiger partial charge is 0.183 e. The van der Waals surface area contributed by atoms with E-state index in [1.165, 1.54) is 30.3 Å². The molecule has 3 rings (SSSR count). The SMILES string of the molecule is N[C@]1(CO)[C@H](c2cccc(F)c2)[C@H]1S(=O)(=O)c1ccccc1. The van der Waals surface area contributed by atoms with Crippen molar-refractivity contribution < 1.29 is 17.9 Å². The Morgan fingerprint density at radius 1 is 1.14 bits per heavy atom. The summed E-state index contributed by atoms with van der Waals surface area (Å²) < 4.78 is 38.9. The molecule has 0 saturated heterocycles. The minimum absolute atomic E-state index is 0.155. The first-order valence-electron chi connectivity index (χ1n) is 6.85. The first-order valence-corrected chi connectivity index (χ1v) is 8.40. The van der Waals surface area contributed by atoms with Crippen LogP contribution < -0.4 is 5.73 Å². The monoisotopic (exact) mass is 321 g/mol. The van der Waals surface area contributed by atoms with Crippen LogP contribution in [0.1, 0.15) is 11.5 Å². The third-order valence-corrected chi connectivity index (χ3v) is 6.50. The quantitative estimate of drug-likeness (QED) is 0.893. The maximum absolute atomic E-state index is 13.4. The summed E-state index contributed by atoms with van der Waals surface area (Å²) in [6.07, 6.45) is 0. The number of hydrogen-bond donors (Lipinski definition) is 2. The van der Waals surface area contributed by atoms with Gasteiger partial charge in [0.05, 0.1) is 22.3 Å². The van der Waals surface area contributed by atoms with Gasteiger partial charge in [0.1, 0.15) is 5.82 Å². The maximum atomic E-state index is 13.4. The molecule has 2 aromatic rings. The number of hydrogen-bond acceptors (Lipinski definition) is 4. The topological polar surface area (TPSA) is 80.4 Å². The summed E-state index contributed by atoms with van der Waals surface area (Å²) >= 11 is 0. The Balaban J connectivity index is 2.04. The minimum atomic E-state index is -3.70. The van der Waals surface area contributed by atoms with Crippen molar-refractivity contribution >= 4 is 9.84 Å². The molecule has 0 heterocycles. The summed E-state index contributed by atoms with van der Waals surface area (Å²) in [5.74, 6) is -1.08. The van der Waals surface area contributed by atoms with Crippen LogP contribution in [0.5, 0.6) is 0 Å². The molecule has 22 heavy (non-hydrogen) atoms. The third kappa shape index (κ3) is 2.24. The van der Waals surface area contributed by atoms with Crippen molar-refractivity contribution in [1.29, 1.82) is 0 Å². The fourth-order valence-electron chi connectivity index (χ4n) is 3.02. The largest absolute Gasteiger partial charge is 0.394 e. The van der Waals surface area contributed by atoms with E-state index in [0.717, 1.165) is 0 Å². The van der Waals surface area contributed by atoms with Gasteiger partial charge >= 0.3 is 0 Å². The van der Waals surface area contributed by atoms with Crippen LogP contribution in [0.2, 0.25) is 0 Å². The molecule has 0 aromatic heterocycles. The highest BCUT2D eigenvalue weighted by molar-refractivity contribution is 7.92. The number of aliphatic hydroxyl groups excluding tert-OH is 1. The van der Waals surface area contributed by atoms with E-state index in [2.05, 4.69) is 0 Å². The van der Waals surface area contributed by atoms with Crippen LogP contribution in [-0.2, 0) is 9.84 Å². The van der Waals surface area contributed by atoms with Gasteiger partial charge in [-0.3, -0.25) is 0 Å². The lowest BCUT2D eigenvalue weighted by molar-refractivity contribution is 0.253. The van der Waals surface area contributed by atoms with Gasteiger partial charge in [0.15, 0.2) is 9.84 Å². The molecule has 1 fully saturated rings. The standard InChI is InChI=1S/C16H16FNO3S/c17-12-6-4-5-11(9-12)14-15(16(14,18)10-19)22(20,21)13-7-2-1-3-8-13/h1-9,14-15,19H,10,18H2/t14-,15-,16-/m1/s1. The molecule has 0 unspecified atom stereocenters. The van der Waals surface area contributed by atoms with E-state index >= 15 is 0 Å². The molecule has 0 spiro atoms. The molecular formula is C16H16FNO3S. The van der Waals surface area contributed by atoms with E-state index in [9.17, 15) is 17.9 Å². The molecule has 1 aliphatic carbocycles. The van der Waals surface area contributed by atoms with Gasteiger partial charge in [-0.1, -0.05) is 30.3 Å². The Hall–Kier alpha value is -1.76. The van der Waals surface area contributed by atoms with Gasteiger partial charge in [-0.25, -0.2) is 12.8 Å². The zero-order valence-corrected chi connectivity index (χ0v) is 12.5. The van der Waals surface area contributed by atoms with Crippen LogP contribution in [0, 0.1) is 5.82 Å². The lowest BCUT2D eigenvalue weighted by Gasteiger charge is -2.08. The van der Waals surface area contributed by atoms with Gasteiger partial charge in [-0.2, -0.15) is 0 Å². The lowest BCUT2D eigenvalue weighted by Crippen LogP contribution is -2.35. The summed E-state index contributed by atoms with van der Waals surface area (Å²) in [6.45, 7) is -0.481. The normalized spacial score (nSPS) is 27.6. The first-order chi connectivity index (χ1) is 10.4. The van der Waals surface area contributed by atoms with E-state index < -0.39 is 39.0 Å². The highest BCUT2D eigenvalue weighted by Gasteiger charge is 2.69. The number of aliphatic hydroxyl groups is 1. The van der Waals surface area contributed by atoms with Crippen LogP contribution in [-0.4, -0.2) is 30.9 Å². The van der Waals surface area contributed by atoms with Crippen molar-refractivity contribution in [3.8, 4) is 0 Å². The fraction of sp³-hybridized carbons (Fsp3) is 0.250. The van der Waals surface area contributed by atoms with Crippen molar-refractivity contribution in [2.45, 2.75) is 21.6 Å². The Labute approximate surface area is 128 Å². The van der Waals surface area contributed by atoms with Crippen molar-refractivity contribution in [3.05, 3.63) is 66.0 Å². The molecular weight excluding hydrogens is 305 g/mol. The van der Waals surface area contributed by atoms with Crippen LogP contribution in [0.15, 0.2) is 59.5 Å². The second-order valence-corrected chi connectivity index (χ2v) is 7.65. The number of benzene rings is 2. The van der Waals surface area contributed by atoms with Gasteiger partial charge < -0.3 is 10.8 Å². The Morgan fingerprint density at radius 2 is 1.82 bits per heavy atom. The molecule has 4 nitrogen and oxygen atoms in total. The number of halogens is 1. The minimum Gasteiger partial charge on any atom is -0.394 e. The highest BCUT2D eigenvalue weighted by atomic mass is 32.2. The number of rotatable bonds is 4. The van der Waals surface area contributed by atoms with Crippen LogP contribution in [0.3, 0.4) is 0 Å². The molecule has 2 aromatic carbocycles. The lowest BCUT2D eigenvalue weighted by atomic mass is 10.1. The van der Waals surface area contributed by atoms with Crippen molar-refractivity contribution in [1.82, 2.24) is 0 Å². The Morgan fingerprint density at radius 3 is 2.41 bits per heavy atom. The van der Waals surface area contributed by atoms with E-state index in [4.69, 9.17) is 5.73 Å².